The molecule has 0 aromatic carbocycles. The molecule has 3 aliphatic rings. The van der Waals surface area contributed by atoms with E-state index in [1.165, 1.54) is 6.42 Å². The van der Waals surface area contributed by atoms with Gasteiger partial charge in [-0.1, -0.05) is 12.8 Å². The van der Waals surface area contributed by atoms with Crippen molar-refractivity contribution in [3.05, 3.63) is 11.8 Å². The lowest BCUT2D eigenvalue weighted by Gasteiger charge is -2.46. The Bertz CT molecular complexity index is 396. The molecule has 0 radical (unpaired) electrons. The summed E-state index contributed by atoms with van der Waals surface area (Å²) < 4.78 is 5.29. The van der Waals surface area contributed by atoms with Crippen LogP contribution in [0.15, 0.2) is 11.8 Å². The zero-order valence-electron chi connectivity index (χ0n) is 10.1. The van der Waals surface area contributed by atoms with Gasteiger partial charge in [-0.05, 0) is 24.7 Å². The van der Waals surface area contributed by atoms with Gasteiger partial charge in [-0.15, -0.1) is 0 Å². The molecule has 3 heteroatoms. The van der Waals surface area contributed by atoms with Crippen molar-refractivity contribution in [1.29, 1.82) is 0 Å². The fourth-order valence-corrected chi connectivity index (χ4v) is 4.06. The first-order valence-electron chi connectivity index (χ1n) is 6.54. The van der Waals surface area contributed by atoms with Crippen molar-refractivity contribution in [3.63, 3.8) is 0 Å². The van der Waals surface area contributed by atoms with Gasteiger partial charge in [0.05, 0.1) is 13.0 Å². The molecule has 0 amide bonds. The van der Waals surface area contributed by atoms with Gasteiger partial charge in [0.2, 0.25) is 0 Å². The number of hydrogen-bond donors (Lipinski definition) is 0. The maximum Gasteiger partial charge on any atom is 0.162 e. The standard InChI is InChI=1S/C14H18O3/c1-17-12-7-11(16)9-4-2-3-8-5-6-10(15)14(12)13(8)9/h7-9,13-14H,2-6H2,1H3/t8-,9+,13-,14-/m1/s1. The maximum atomic E-state index is 12.1. The molecule has 0 aromatic rings. The number of allylic oxidation sites excluding steroid dienone is 2. The lowest BCUT2D eigenvalue weighted by Crippen LogP contribution is -2.47. The average molecular weight is 234 g/mol. The lowest BCUT2D eigenvalue weighted by molar-refractivity contribution is -0.137. The van der Waals surface area contributed by atoms with E-state index in [-0.39, 0.29) is 29.3 Å². The Morgan fingerprint density at radius 2 is 2.06 bits per heavy atom. The SMILES string of the molecule is COC1=CC(=O)[C@@H]2CCC[C@@H]3CCC(=O)[C@H]1[C@H]32. The van der Waals surface area contributed by atoms with Gasteiger partial charge in [-0.2, -0.15) is 0 Å². The smallest absolute Gasteiger partial charge is 0.162 e. The number of Topliss-reactive ketones (excluding diaryl/α,β-unsaturated/α-hetero) is 1. The Balaban J connectivity index is 2.04. The van der Waals surface area contributed by atoms with E-state index in [2.05, 4.69) is 0 Å². The second-order valence-electron chi connectivity index (χ2n) is 5.51. The molecule has 3 rings (SSSR count). The van der Waals surface area contributed by atoms with Crippen molar-refractivity contribution in [2.45, 2.75) is 32.1 Å². The molecular formula is C14H18O3. The van der Waals surface area contributed by atoms with Crippen LogP contribution in [0.5, 0.6) is 0 Å². The van der Waals surface area contributed by atoms with E-state index < -0.39 is 0 Å². The van der Waals surface area contributed by atoms with Gasteiger partial charge < -0.3 is 4.74 Å². The van der Waals surface area contributed by atoms with Crippen LogP contribution in [-0.2, 0) is 14.3 Å². The summed E-state index contributed by atoms with van der Waals surface area (Å²) in [4.78, 5) is 24.2. The van der Waals surface area contributed by atoms with Crippen LogP contribution in [0.3, 0.4) is 0 Å². The summed E-state index contributed by atoms with van der Waals surface area (Å²) in [7, 11) is 1.57. The first kappa shape index (κ1) is 11.0. The van der Waals surface area contributed by atoms with Crippen LogP contribution in [0.1, 0.15) is 32.1 Å². The van der Waals surface area contributed by atoms with Crippen LogP contribution in [-0.4, -0.2) is 18.7 Å². The number of ketones is 2. The molecule has 4 atom stereocenters. The number of rotatable bonds is 1. The van der Waals surface area contributed by atoms with E-state index >= 15 is 0 Å². The lowest BCUT2D eigenvalue weighted by atomic mass is 9.57. The molecule has 0 aromatic heterocycles. The first-order chi connectivity index (χ1) is 8.22. The topological polar surface area (TPSA) is 43.4 Å². The van der Waals surface area contributed by atoms with E-state index in [9.17, 15) is 9.59 Å². The molecule has 92 valence electrons. The van der Waals surface area contributed by atoms with Crippen LogP contribution >= 0.6 is 0 Å². The van der Waals surface area contributed by atoms with Crippen molar-refractivity contribution in [2.24, 2.45) is 23.7 Å². The molecular weight excluding hydrogens is 216 g/mol. The monoisotopic (exact) mass is 234 g/mol. The molecule has 0 spiro atoms. The molecule has 0 aliphatic heterocycles. The molecule has 0 bridgehead atoms. The number of methoxy groups -OCH3 is 1. The minimum absolute atomic E-state index is 0.0851. The average Bonchev–Trinajstić information content (AvgIpc) is 2.35. The fraction of sp³-hybridized carbons (Fsp3) is 0.714. The van der Waals surface area contributed by atoms with Gasteiger partial charge in [-0.25, -0.2) is 0 Å². The Morgan fingerprint density at radius 1 is 1.24 bits per heavy atom. The molecule has 17 heavy (non-hydrogen) atoms. The summed E-state index contributed by atoms with van der Waals surface area (Å²) in [6.07, 6.45) is 6.48. The highest BCUT2D eigenvalue weighted by atomic mass is 16.5. The van der Waals surface area contributed by atoms with E-state index in [4.69, 9.17) is 4.74 Å². The highest BCUT2D eigenvalue weighted by molar-refractivity contribution is 5.97. The minimum Gasteiger partial charge on any atom is -0.500 e. The van der Waals surface area contributed by atoms with Crippen molar-refractivity contribution in [1.82, 2.24) is 0 Å². The highest BCUT2D eigenvalue weighted by Crippen LogP contribution is 2.50. The summed E-state index contributed by atoms with van der Waals surface area (Å²) in [6, 6.07) is 0. The summed E-state index contributed by atoms with van der Waals surface area (Å²) >= 11 is 0. The van der Waals surface area contributed by atoms with E-state index in [0.717, 1.165) is 19.3 Å². The number of ether oxygens (including phenoxy) is 1. The zero-order valence-corrected chi connectivity index (χ0v) is 10.1. The molecule has 2 fully saturated rings. The second kappa shape index (κ2) is 3.97. The van der Waals surface area contributed by atoms with Crippen LogP contribution in [0.4, 0.5) is 0 Å². The van der Waals surface area contributed by atoms with Gasteiger partial charge in [0.15, 0.2) is 5.78 Å². The summed E-state index contributed by atoms with van der Waals surface area (Å²) in [5.41, 5.74) is 0. The Morgan fingerprint density at radius 3 is 2.82 bits per heavy atom. The normalized spacial score (nSPS) is 40.6. The molecule has 2 saturated carbocycles. The van der Waals surface area contributed by atoms with Crippen LogP contribution in [0.2, 0.25) is 0 Å². The fourth-order valence-electron chi connectivity index (χ4n) is 4.06. The van der Waals surface area contributed by atoms with E-state index in [1.54, 1.807) is 13.2 Å². The first-order valence-corrected chi connectivity index (χ1v) is 6.54. The highest BCUT2D eigenvalue weighted by Gasteiger charge is 2.50. The van der Waals surface area contributed by atoms with Crippen molar-refractivity contribution in [2.75, 3.05) is 7.11 Å². The molecule has 0 unspecified atom stereocenters. The summed E-state index contributed by atoms with van der Waals surface area (Å²) in [6.45, 7) is 0. The summed E-state index contributed by atoms with van der Waals surface area (Å²) in [5, 5.41) is 0. The van der Waals surface area contributed by atoms with Crippen molar-refractivity contribution >= 4 is 11.6 Å². The van der Waals surface area contributed by atoms with Gasteiger partial charge in [0.1, 0.15) is 11.5 Å². The van der Waals surface area contributed by atoms with Gasteiger partial charge >= 0.3 is 0 Å². The van der Waals surface area contributed by atoms with Crippen molar-refractivity contribution < 1.29 is 14.3 Å². The minimum atomic E-state index is -0.123. The van der Waals surface area contributed by atoms with Crippen molar-refractivity contribution in [3.8, 4) is 0 Å². The van der Waals surface area contributed by atoms with Gasteiger partial charge in [0, 0.05) is 18.4 Å². The number of carbonyl (C=O) groups excluding carboxylic acids is 2. The molecule has 3 aliphatic carbocycles. The van der Waals surface area contributed by atoms with E-state index in [0.29, 0.717) is 18.1 Å². The Kier molecular flexibility index (Phi) is 2.57. The van der Waals surface area contributed by atoms with Crippen LogP contribution in [0, 0.1) is 23.7 Å². The Hall–Kier alpha value is -1.12. The third-order valence-corrected chi connectivity index (χ3v) is 4.78. The predicted molar refractivity (Wildman–Crippen MR) is 62.2 cm³/mol. The molecule has 0 heterocycles. The number of carbonyl (C=O) groups is 2. The third-order valence-electron chi connectivity index (χ3n) is 4.78. The molecule has 0 N–H and O–H groups in total. The third kappa shape index (κ3) is 1.55. The van der Waals surface area contributed by atoms with Gasteiger partial charge in [-0.3, -0.25) is 9.59 Å². The maximum absolute atomic E-state index is 12.1. The largest absolute Gasteiger partial charge is 0.500 e. The van der Waals surface area contributed by atoms with Gasteiger partial charge in [0.25, 0.3) is 0 Å². The number of hydrogen-bond acceptors (Lipinski definition) is 3. The van der Waals surface area contributed by atoms with Crippen LogP contribution < -0.4 is 0 Å². The molecule has 0 saturated heterocycles. The second-order valence-corrected chi connectivity index (χ2v) is 5.51. The Labute approximate surface area is 101 Å². The van der Waals surface area contributed by atoms with E-state index in [1.807, 2.05) is 0 Å². The quantitative estimate of drug-likeness (QED) is 0.698. The summed E-state index contributed by atoms with van der Waals surface area (Å²) in [5.74, 6) is 1.83. The van der Waals surface area contributed by atoms with Crippen LogP contribution in [0.25, 0.3) is 0 Å². The zero-order chi connectivity index (χ0) is 12.0. The molecule has 3 nitrogen and oxygen atoms in total. The predicted octanol–water partition coefficient (Wildman–Crippen LogP) is 2.11.